The van der Waals surface area contributed by atoms with E-state index in [1.54, 1.807) is 24.3 Å². The van der Waals surface area contributed by atoms with E-state index in [-0.39, 0.29) is 24.0 Å². The van der Waals surface area contributed by atoms with Crippen LogP contribution in [0.15, 0.2) is 73.2 Å². The topological polar surface area (TPSA) is 335 Å². The molecule has 0 saturated carbocycles. The van der Waals surface area contributed by atoms with E-state index in [0.717, 1.165) is 12.5 Å². The van der Waals surface area contributed by atoms with Crippen LogP contribution in [-0.2, 0) is 52.3 Å². The molecule has 0 amide bonds. The highest BCUT2D eigenvalue weighted by Gasteiger charge is 2.55. The van der Waals surface area contributed by atoms with Gasteiger partial charge in [0.05, 0.1) is 44.0 Å². The van der Waals surface area contributed by atoms with Gasteiger partial charge >= 0.3 is 17.9 Å². The summed E-state index contributed by atoms with van der Waals surface area (Å²) >= 11 is 0. The van der Waals surface area contributed by atoms with Crippen LogP contribution in [-0.4, -0.2) is 175 Å². The molecule has 11 N–H and O–H groups in total. The average molecular weight is 931 g/mol. The van der Waals surface area contributed by atoms with E-state index in [1.165, 1.54) is 19.3 Å². The van der Waals surface area contributed by atoms with Gasteiger partial charge < -0.3 is 88.8 Å². The third-order valence-electron chi connectivity index (χ3n) is 13.5. The first kappa shape index (κ1) is 47.7. The number of carboxylic acid groups (broad SMARTS) is 1. The van der Waals surface area contributed by atoms with E-state index in [9.17, 15) is 60.3 Å². The summed E-state index contributed by atoms with van der Waals surface area (Å²) in [6.45, 7) is 6.46. The quantitative estimate of drug-likeness (QED) is 0.0778. The third kappa shape index (κ3) is 8.44. The van der Waals surface area contributed by atoms with Crippen molar-refractivity contribution in [3.63, 3.8) is 0 Å². The zero-order chi connectivity index (χ0) is 47.3. The molecular weight excluding hydrogens is 876 g/mol. The smallest absolute Gasteiger partial charge is 0.337 e. The van der Waals surface area contributed by atoms with Gasteiger partial charge in [-0.25, -0.2) is 9.59 Å². The van der Waals surface area contributed by atoms with E-state index in [0.29, 0.717) is 22.2 Å². The minimum Gasteiger partial charge on any atom is -0.480 e. The number of H-pyrrole nitrogens is 1. The number of carbonyl (C=O) groups is 3. The van der Waals surface area contributed by atoms with Crippen LogP contribution in [0.3, 0.4) is 0 Å². The Bertz CT molecular complexity index is 2210. The molecule has 0 unspecified atom stereocenters. The number of carboxylic acids is 1. The van der Waals surface area contributed by atoms with Crippen molar-refractivity contribution < 1.29 is 98.2 Å². The van der Waals surface area contributed by atoms with Gasteiger partial charge in [-0.1, -0.05) is 30.4 Å². The minimum absolute atomic E-state index is 0.0244. The van der Waals surface area contributed by atoms with Crippen LogP contribution in [0.1, 0.15) is 36.1 Å². The van der Waals surface area contributed by atoms with E-state index < -0.39 is 153 Å². The Morgan fingerprint density at radius 3 is 1.98 bits per heavy atom. The van der Waals surface area contributed by atoms with Gasteiger partial charge in [0.2, 0.25) is 12.6 Å². The fourth-order valence-corrected chi connectivity index (χ4v) is 10.1. The molecule has 360 valence electrons. The molecule has 0 aliphatic carbocycles. The lowest BCUT2D eigenvalue weighted by molar-refractivity contribution is -0.339. The van der Waals surface area contributed by atoms with Gasteiger partial charge in [-0.2, -0.15) is 0 Å². The molecule has 1 aromatic heterocycles. The van der Waals surface area contributed by atoms with Crippen molar-refractivity contribution >= 4 is 28.8 Å². The summed E-state index contributed by atoms with van der Waals surface area (Å²) < 4.78 is 45.9. The maximum Gasteiger partial charge on any atom is 0.337 e. The average Bonchev–Trinajstić information content (AvgIpc) is 3.71. The Hall–Kier alpha value is -4.79. The second-order valence-corrected chi connectivity index (χ2v) is 17.1. The first-order valence-electron chi connectivity index (χ1n) is 21.4. The minimum atomic E-state index is -1.78. The molecule has 6 aliphatic heterocycles. The largest absolute Gasteiger partial charge is 0.480 e. The van der Waals surface area contributed by atoms with E-state index in [4.69, 9.17) is 37.9 Å². The van der Waals surface area contributed by atoms with Gasteiger partial charge in [0, 0.05) is 52.2 Å². The number of carbonyl (C=O) groups excluding carboxylic acids is 2. The third-order valence-corrected chi connectivity index (χ3v) is 13.5. The summed E-state index contributed by atoms with van der Waals surface area (Å²) in [4.78, 5) is 44.2. The molecule has 3 saturated heterocycles. The molecule has 22 heteroatoms. The molecule has 0 spiro atoms. The van der Waals surface area contributed by atoms with E-state index in [2.05, 4.69) is 23.5 Å². The van der Waals surface area contributed by atoms with Crippen LogP contribution in [0.25, 0.3) is 10.9 Å². The van der Waals surface area contributed by atoms with Crippen molar-refractivity contribution in [2.75, 3.05) is 20.3 Å². The Morgan fingerprint density at radius 1 is 0.818 bits per heavy atom. The standard InChI is InChI=1S/C44H54N2O20/c1-4-16-19(21(39(57)59-3)14-60-41(16)65-43-36(53)34(51)32(49)26(12-47)63-43)10-24-30-28(18-8-6-7-9-23(18)45-30)29(31(46-24)38(55)56)25-11-20-17(5-2)42(61-15-22(20)40(58)62-25)66-44-37(54)35(52)33(50)27(13-48)64-44/h4-9,14-17,19-20,24-27,29,31-37,41-54H,1-2,10-13H2,3H3,(H,55,56)/t16-,17-,19+,20+,24+,25-,26-,27-,29+,31-,32-,33-,34+,35+,36-,37-,41+,42+,43+,44+/m1/s1. The molecule has 0 bridgehead atoms. The number of esters is 2. The van der Waals surface area contributed by atoms with Crippen LogP contribution >= 0.6 is 0 Å². The number of aliphatic hydroxyl groups excluding tert-OH is 8. The summed E-state index contributed by atoms with van der Waals surface area (Å²) in [5.41, 5.74) is 1.78. The van der Waals surface area contributed by atoms with Gasteiger partial charge in [-0.3, -0.25) is 10.1 Å². The predicted octanol–water partition coefficient (Wildman–Crippen LogP) is -1.82. The number of aromatic amines is 1. The molecule has 3 fully saturated rings. The lowest BCUT2D eigenvalue weighted by Crippen LogP contribution is -2.60. The van der Waals surface area contributed by atoms with Crippen LogP contribution in [0.4, 0.5) is 0 Å². The molecule has 7 heterocycles. The second-order valence-electron chi connectivity index (χ2n) is 17.1. The number of nitrogens with one attached hydrogen (secondary N) is 2. The summed E-state index contributed by atoms with van der Waals surface area (Å²) in [7, 11) is 1.17. The molecule has 2 aromatic rings. The van der Waals surface area contributed by atoms with Crippen LogP contribution in [0.5, 0.6) is 0 Å². The van der Waals surface area contributed by atoms with Crippen molar-refractivity contribution in [2.45, 2.75) is 111 Å². The summed E-state index contributed by atoms with van der Waals surface area (Å²) in [6, 6.07) is 4.85. The Labute approximate surface area is 376 Å². The van der Waals surface area contributed by atoms with Crippen molar-refractivity contribution in [3.05, 3.63) is 84.5 Å². The molecule has 1 aromatic carbocycles. The zero-order valence-electron chi connectivity index (χ0n) is 35.4. The second kappa shape index (κ2) is 19.4. The number of benzene rings is 1. The summed E-state index contributed by atoms with van der Waals surface area (Å²) in [5.74, 6) is -7.33. The number of cyclic esters (lactones) is 1. The monoisotopic (exact) mass is 930 g/mol. The number of fused-ring (bicyclic) bond motifs is 4. The normalized spacial score (nSPS) is 41.1. The molecule has 8 rings (SSSR count). The molecule has 0 radical (unpaired) electrons. The van der Waals surface area contributed by atoms with Crippen LogP contribution in [0, 0.1) is 23.7 Å². The fourth-order valence-electron chi connectivity index (χ4n) is 10.1. The number of aromatic nitrogens is 1. The predicted molar refractivity (Wildman–Crippen MR) is 219 cm³/mol. The highest BCUT2D eigenvalue weighted by atomic mass is 16.8. The highest BCUT2D eigenvalue weighted by Crippen LogP contribution is 2.50. The lowest BCUT2D eigenvalue weighted by atomic mass is 9.71. The fraction of sp³-hybridized carbons (Fsp3) is 0.568. The van der Waals surface area contributed by atoms with Crippen molar-refractivity contribution in [1.82, 2.24) is 10.3 Å². The number of methoxy groups -OCH3 is 1. The van der Waals surface area contributed by atoms with Crippen molar-refractivity contribution in [1.29, 1.82) is 0 Å². The first-order valence-corrected chi connectivity index (χ1v) is 21.4. The molecule has 22 nitrogen and oxygen atoms in total. The zero-order valence-corrected chi connectivity index (χ0v) is 35.4. The number of ether oxygens (including phenoxy) is 8. The summed E-state index contributed by atoms with van der Waals surface area (Å²) in [6.07, 6.45) is -14.7. The van der Waals surface area contributed by atoms with Gasteiger partial charge in [-0.15, -0.1) is 13.2 Å². The van der Waals surface area contributed by atoms with Gasteiger partial charge in [0.15, 0.2) is 12.6 Å². The van der Waals surface area contributed by atoms with Gasteiger partial charge in [-0.05, 0) is 24.5 Å². The maximum absolute atomic E-state index is 13.9. The number of hydrogen-bond donors (Lipinski definition) is 11. The number of aliphatic carboxylic acids is 1. The number of rotatable bonds is 13. The molecule has 20 atom stereocenters. The van der Waals surface area contributed by atoms with Gasteiger partial charge in [0.1, 0.15) is 61.0 Å². The Balaban J connectivity index is 1.11. The van der Waals surface area contributed by atoms with E-state index >= 15 is 0 Å². The highest BCUT2D eigenvalue weighted by molar-refractivity contribution is 5.92. The SMILES string of the molecule is C=C[C@H]1[C@H](O[C@@H]2O[C@H](CO)[C@@H](O)[C@H](O)[C@H]2O)OC=C(C(=O)OC)[C@H]1C[C@@H]1N[C@@H](C(=O)O)[C@@H]([C@H]2C[C@@H]3C(=CO[C@@H](O[C@@H]4O[C@H](CO)[C@@H](O)[C@H](O)[C@H]4O)[C@@H]3C=C)C(=O)O2)c2c1[nH]c1ccccc21. The van der Waals surface area contributed by atoms with Gasteiger partial charge in [0.25, 0.3) is 0 Å². The number of hydrogen-bond acceptors (Lipinski definition) is 20. The summed E-state index contributed by atoms with van der Waals surface area (Å²) in [5, 5.41) is 97.3. The molecule has 6 aliphatic rings. The van der Waals surface area contributed by atoms with Crippen LogP contribution in [0.2, 0.25) is 0 Å². The Morgan fingerprint density at radius 2 is 1.41 bits per heavy atom. The lowest BCUT2D eigenvalue weighted by Gasteiger charge is -2.47. The number of aliphatic hydroxyl groups is 8. The maximum atomic E-state index is 13.9. The van der Waals surface area contributed by atoms with Crippen molar-refractivity contribution in [3.8, 4) is 0 Å². The van der Waals surface area contributed by atoms with Crippen molar-refractivity contribution in [2.24, 2.45) is 23.7 Å². The first-order chi connectivity index (χ1) is 31.6. The Kier molecular flexibility index (Phi) is 14.0. The van der Waals surface area contributed by atoms with E-state index in [1.807, 2.05) is 0 Å². The number of para-hydroxylation sites is 1. The van der Waals surface area contributed by atoms with Crippen LogP contribution < -0.4 is 5.32 Å². The molecule has 66 heavy (non-hydrogen) atoms. The molecular formula is C44H54N2O20.